The van der Waals surface area contributed by atoms with E-state index in [2.05, 4.69) is 15.0 Å². The van der Waals surface area contributed by atoms with Crippen molar-refractivity contribution >= 4 is 0 Å². The van der Waals surface area contributed by atoms with Crippen LogP contribution < -0.4 is 4.74 Å². The van der Waals surface area contributed by atoms with E-state index in [0.717, 1.165) is 0 Å². The standard InChI is InChI=1S/C15H11N3O2/c19-14-8-12(20-11-4-2-1-3-5-11)6-7-13(14)15-17-9-16-10-18-15/h1-10,19H. The fraction of sp³-hybridized carbons (Fsp3) is 0. The molecule has 1 aromatic heterocycles. The number of ether oxygens (including phenoxy) is 1. The zero-order valence-corrected chi connectivity index (χ0v) is 10.5. The third kappa shape index (κ3) is 2.56. The first-order valence-electron chi connectivity index (χ1n) is 6.01. The largest absolute Gasteiger partial charge is 0.507 e. The Bertz CT molecular complexity index is 703. The van der Waals surface area contributed by atoms with Gasteiger partial charge in [-0.1, -0.05) is 18.2 Å². The van der Waals surface area contributed by atoms with E-state index in [0.29, 0.717) is 22.9 Å². The van der Waals surface area contributed by atoms with Crippen LogP contribution in [-0.2, 0) is 0 Å². The smallest absolute Gasteiger partial charge is 0.166 e. The molecule has 1 heterocycles. The summed E-state index contributed by atoms with van der Waals surface area (Å²) in [6.07, 6.45) is 2.77. The molecular formula is C15H11N3O2. The number of aromatic nitrogens is 3. The highest BCUT2D eigenvalue weighted by atomic mass is 16.5. The lowest BCUT2D eigenvalue weighted by atomic mass is 10.2. The average Bonchev–Trinajstić information content (AvgIpc) is 2.49. The third-order valence-electron chi connectivity index (χ3n) is 2.68. The molecule has 0 spiro atoms. The minimum atomic E-state index is 0.0598. The van der Waals surface area contributed by atoms with Gasteiger partial charge in [-0.05, 0) is 24.3 Å². The van der Waals surface area contributed by atoms with Crippen molar-refractivity contribution in [2.45, 2.75) is 0 Å². The molecule has 0 saturated carbocycles. The van der Waals surface area contributed by atoms with Gasteiger partial charge >= 0.3 is 0 Å². The number of hydrogen-bond acceptors (Lipinski definition) is 5. The molecule has 2 aromatic carbocycles. The summed E-state index contributed by atoms with van der Waals surface area (Å²) in [5.74, 6) is 1.74. The van der Waals surface area contributed by atoms with E-state index in [4.69, 9.17) is 4.74 Å². The van der Waals surface area contributed by atoms with Crippen LogP contribution >= 0.6 is 0 Å². The molecule has 0 unspecified atom stereocenters. The van der Waals surface area contributed by atoms with E-state index >= 15 is 0 Å². The lowest BCUT2D eigenvalue weighted by Gasteiger charge is -2.08. The van der Waals surface area contributed by atoms with Crippen LogP contribution in [0.5, 0.6) is 17.2 Å². The fourth-order valence-corrected chi connectivity index (χ4v) is 1.77. The number of benzene rings is 2. The van der Waals surface area contributed by atoms with Crippen LogP contribution in [-0.4, -0.2) is 20.1 Å². The predicted molar refractivity (Wildman–Crippen MR) is 73.4 cm³/mol. The Hall–Kier alpha value is -2.95. The second-order valence-corrected chi connectivity index (χ2v) is 4.06. The van der Waals surface area contributed by atoms with Crippen molar-refractivity contribution < 1.29 is 9.84 Å². The van der Waals surface area contributed by atoms with E-state index in [-0.39, 0.29) is 5.75 Å². The summed E-state index contributed by atoms with van der Waals surface area (Å²) in [6.45, 7) is 0. The molecule has 0 amide bonds. The fourth-order valence-electron chi connectivity index (χ4n) is 1.77. The molecule has 0 bridgehead atoms. The number of rotatable bonds is 3. The lowest BCUT2D eigenvalue weighted by Crippen LogP contribution is -1.90. The Morgan fingerprint density at radius 1 is 0.850 bits per heavy atom. The van der Waals surface area contributed by atoms with Crippen LogP contribution in [0.15, 0.2) is 61.2 Å². The minimum Gasteiger partial charge on any atom is -0.507 e. The first-order valence-corrected chi connectivity index (χ1v) is 6.01. The maximum Gasteiger partial charge on any atom is 0.166 e. The normalized spacial score (nSPS) is 10.2. The highest BCUT2D eigenvalue weighted by molar-refractivity contribution is 5.64. The first-order chi connectivity index (χ1) is 9.83. The van der Waals surface area contributed by atoms with Gasteiger partial charge in [0.05, 0.1) is 5.56 Å². The molecule has 5 heteroatoms. The summed E-state index contributed by atoms with van der Waals surface area (Å²) in [5, 5.41) is 10.0. The summed E-state index contributed by atoms with van der Waals surface area (Å²) in [4.78, 5) is 11.7. The Kier molecular flexibility index (Phi) is 3.24. The number of nitrogens with zero attached hydrogens (tertiary/aromatic N) is 3. The van der Waals surface area contributed by atoms with Crippen molar-refractivity contribution in [1.29, 1.82) is 0 Å². The highest BCUT2D eigenvalue weighted by Gasteiger charge is 2.08. The van der Waals surface area contributed by atoms with E-state index in [1.54, 1.807) is 12.1 Å². The zero-order valence-electron chi connectivity index (χ0n) is 10.5. The minimum absolute atomic E-state index is 0.0598. The Morgan fingerprint density at radius 2 is 1.60 bits per heavy atom. The molecule has 0 radical (unpaired) electrons. The summed E-state index contributed by atoms with van der Waals surface area (Å²) < 4.78 is 5.64. The molecule has 0 fully saturated rings. The van der Waals surface area contributed by atoms with E-state index < -0.39 is 0 Å². The van der Waals surface area contributed by atoms with Crippen molar-refractivity contribution in [3.8, 4) is 28.6 Å². The van der Waals surface area contributed by atoms with Gasteiger partial charge in [-0.2, -0.15) is 0 Å². The van der Waals surface area contributed by atoms with E-state index in [1.807, 2.05) is 30.3 Å². The van der Waals surface area contributed by atoms with Gasteiger partial charge in [-0.25, -0.2) is 15.0 Å². The summed E-state index contributed by atoms with van der Waals surface area (Å²) in [5.41, 5.74) is 0.535. The quantitative estimate of drug-likeness (QED) is 0.788. The summed E-state index contributed by atoms with van der Waals surface area (Å²) in [7, 11) is 0. The molecule has 0 saturated heterocycles. The molecule has 20 heavy (non-hydrogen) atoms. The monoisotopic (exact) mass is 265 g/mol. The van der Waals surface area contributed by atoms with Gasteiger partial charge in [-0.3, -0.25) is 0 Å². The number of phenolic OH excluding ortho intramolecular Hbond substituents is 1. The topological polar surface area (TPSA) is 68.1 Å². The van der Waals surface area contributed by atoms with Gasteiger partial charge in [0.25, 0.3) is 0 Å². The maximum absolute atomic E-state index is 10.0. The Labute approximate surface area is 115 Å². The molecule has 0 aliphatic heterocycles. The van der Waals surface area contributed by atoms with Gasteiger partial charge < -0.3 is 9.84 Å². The Balaban J connectivity index is 1.88. The number of hydrogen-bond donors (Lipinski definition) is 1. The van der Waals surface area contributed by atoms with Crippen molar-refractivity contribution in [3.63, 3.8) is 0 Å². The molecule has 5 nitrogen and oxygen atoms in total. The summed E-state index contributed by atoms with van der Waals surface area (Å²) >= 11 is 0. The van der Waals surface area contributed by atoms with Gasteiger partial charge in [0.1, 0.15) is 29.9 Å². The SMILES string of the molecule is Oc1cc(Oc2ccccc2)ccc1-c1ncncn1. The second kappa shape index (κ2) is 5.36. The summed E-state index contributed by atoms with van der Waals surface area (Å²) in [6, 6.07) is 14.4. The van der Waals surface area contributed by atoms with Crippen LogP contribution in [0, 0.1) is 0 Å². The van der Waals surface area contributed by atoms with Crippen LogP contribution in [0.4, 0.5) is 0 Å². The molecule has 98 valence electrons. The van der Waals surface area contributed by atoms with Crippen LogP contribution in [0.3, 0.4) is 0 Å². The van der Waals surface area contributed by atoms with E-state index in [1.165, 1.54) is 18.7 Å². The zero-order chi connectivity index (χ0) is 13.8. The lowest BCUT2D eigenvalue weighted by molar-refractivity contribution is 0.456. The van der Waals surface area contributed by atoms with Crippen molar-refractivity contribution in [2.75, 3.05) is 0 Å². The third-order valence-corrected chi connectivity index (χ3v) is 2.68. The van der Waals surface area contributed by atoms with Crippen LogP contribution in [0.1, 0.15) is 0 Å². The van der Waals surface area contributed by atoms with Crippen molar-refractivity contribution in [1.82, 2.24) is 15.0 Å². The van der Waals surface area contributed by atoms with E-state index in [9.17, 15) is 5.11 Å². The molecule has 3 rings (SSSR count). The van der Waals surface area contributed by atoms with Gasteiger partial charge in [-0.15, -0.1) is 0 Å². The van der Waals surface area contributed by atoms with Gasteiger partial charge in [0.2, 0.25) is 0 Å². The molecule has 0 atom stereocenters. The number of aromatic hydroxyl groups is 1. The average molecular weight is 265 g/mol. The molecule has 0 aliphatic carbocycles. The van der Waals surface area contributed by atoms with Crippen LogP contribution in [0.25, 0.3) is 11.4 Å². The van der Waals surface area contributed by atoms with Crippen molar-refractivity contribution in [2.24, 2.45) is 0 Å². The molecular weight excluding hydrogens is 254 g/mol. The highest BCUT2D eigenvalue weighted by Crippen LogP contribution is 2.31. The first kappa shape index (κ1) is 12.1. The van der Waals surface area contributed by atoms with Crippen molar-refractivity contribution in [3.05, 3.63) is 61.2 Å². The molecule has 1 N–H and O–H groups in total. The van der Waals surface area contributed by atoms with Gasteiger partial charge in [0, 0.05) is 6.07 Å². The van der Waals surface area contributed by atoms with Crippen LogP contribution in [0.2, 0.25) is 0 Å². The predicted octanol–water partition coefficient (Wildman–Crippen LogP) is 3.04. The van der Waals surface area contributed by atoms with Gasteiger partial charge in [0.15, 0.2) is 5.82 Å². The maximum atomic E-state index is 10.0. The number of para-hydroxylation sites is 1. The molecule has 0 aliphatic rings. The molecule has 3 aromatic rings. The Morgan fingerprint density at radius 3 is 2.30 bits per heavy atom. The second-order valence-electron chi connectivity index (χ2n) is 4.06. The number of phenols is 1.